The van der Waals surface area contributed by atoms with Gasteiger partial charge in [-0.3, -0.25) is 9.89 Å². The molecule has 19 heavy (non-hydrogen) atoms. The van der Waals surface area contributed by atoms with Gasteiger partial charge in [-0.25, -0.2) is 9.50 Å². The Balaban J connectivity index is 1.94. The maximum absolute atomic E-state index is 12.0. The minimum atomic E-state index is -0.159. The average molecular weight is 256 g/mol. The van der Waals surface area contributed by atoms with Crippen LogP contribution in [0.1, 0.15) is 11.1 Å². The first kappa shape index (κ1) is 11.4. The Bertz CT molecular complexity index is 761. The molecule has 0 aliphatic carbocycles. The summed E-state index contributed by atoms with van der Waals surface area (Å²) in [5.41, 5.74) is 1.93. The molecule has 0 saturated carbocycles. The molecule has 7 heteroatoms. The number of H-pyrrole nitrogens is 1. The minimum absolute atomic E-state index is 0.159. The van der Waals surface area contributed by atoms with E-state index >= 15 is 0 Å². The summed E-state index contributed by atoms with van der Waals surface area (Å²) in [6.45, 7) is 2.25. The Hall–Kier alpha value is -2.70. The van der Waals surface area contributed by atoms with Gasteiger partial charge in [0.15, 0.2) is 5.65 Å². The van der Waals surface area contributed by atoms with Crippen LogP contribution in [0.2, 0.25) is 0 Å². The minimum Gasteiger partial charge on any atom is -0.366 e. The van der Waals surface area contributed by atoms with E-state index in [-0.39, 0.29) is 5.56 Å². The summed E-state index contributed by atoms with van der Waals surface area (Å²) in [4.78, 5) is 16.1. The van der Waals surface area contributed by atoms with Gasteiger partial charge < -0.3 is 5.32 Å². The van der Waals surface area contributed by atoms with E-state index in [1.807, 2.05) is 25.1 Å². The molecule has 0 radical (unpaired) electrons. The molecular weight excluding hydrogens is 244 g/mol. The van der Waals surface area contributed by atoms with Gasteiger partial charge in [0.1, 0.15) is 12.1 Å². The van der Waals surface area contributed by atoms with E-state index in [4.69, 9.17) is 0 Å². The van der Waals surface area contributed by atoms with Gasteiger partial charge >= 0.3 is 0 Å². The van der Waals surface area contributed by atoms with Gasteiger partial charge in [-0.05, 0) is 19.1 Å². The number of hydrogen-bond acceptors (Lipinski definition) is 5. The molecular formula is C12H12N6O. The van der Waals surface area contributed by atoms with E-state index in [2.05, 4.69) is 25.6 Å². The van der Waals surface area contributed by atoms with Crippen molar-refractivity contribution in [3.05, 3.63) is 52.2 Å². The van der Waals surface area contributed by atoms with Crippen molar-refractivity contribution in [1.29, 1.82) is 0 Å². The maximum Gasteiger partial charge on any atom is 0.268 e. The molecule has 0 aliphatic heterocycles. The van der Waals surface area contributed by atoms with Crippen LogP contribution >= 0.6 is 0 Å². The molecule has 0 bridgehead atoms. The Kier molecular flexibility index (Phi) is 2.71. The van der Waals surface area contributed by atoms with Crippen molar-refractivity contribution in [3.63, 3.8) is 0 Å². The second-order valence-corrected chi connectivity index (χ2v) is 4.14. The van der Waals surface area contributed by atoms with Crippen molar-refractivity contribution in [2.45, 2.75) is 13.5 Å². The summed E-state index contributed by atoms with van der Waals surface area (Å²) in [7, 11) is 0. The fourth-order valence-corrected chi connectivity index (χ4v) is 1.91. The molecule has 3 rings (SSSR count). The highest BCUT2D eigenvalue weighted by molar-refractivity contribution is 5.49. The van der Waals surface area contributed by atoms with Crippen LogP contribution in [0.4, 0.5) is 5.82 Å². The van der Waals surface area contributed by atoms with Crippen molar-refractivity contribution >= 4 is 11.5 Å². The Labute approximate surface area is 108 Å². The SMILES string of the molecule is Cc1c(CNc2ccccn2)c(=O)[nH]n2cnnc12. The number of aryl methyl sites for hydroxylation is 1. The van der Waals surface area contributed by atoms with Crippen molar-refractivity contribution in [2.75, 3.05) is 5.32 Å². The lowest BCUT2D eigenvalue weighted by atomic mass is 10.2. The van der Waals surface area contributed by atoms with Crippen LogP contribution in [0.25, 0.3) is 5.65 Å². The summed E-state index contributed by atoms with van der Waals surface area (Å²) in [5.74, 6) is 0.725. The highest BCUT2D eigenvalue weighted by atomic mass is 16.1. The molecule has 3 aromatic rings. The van der Waals surface area contributed by atoms with Crippen LogP contribution < -0.4 is 10.9 Å². The van der Waals surface area contributed by atoms with Crippen LogP contribution in [0.3, 0.4) is 0 Å². The van der Waals surface area contributed by atoms with E-state index in [0.29, 0.717) is 17.8 Å². The Morgan fingerprint density at radius 1 is 1.42 bits per heavy atom. The molecule has 7 nitrogen and oxygen atoms in total. The van der Waals surface area contributed by atoms with Gasteiger partial charge in [0.2, 0.25) is 0 Å². The van der Waals surface area contributed by atoms with Crippen LogP contribution in [0.5, 0.6) is 0 Å². The lowest BCUT2D eigenvalue weighted by Crippen LogP contribution is -2.21. The summed E-state index contributed by atoms with van der Waals surface area (Å²) >= 11 is 0. The van der Waals surface area contributed by atoms with Crippen LogP contribution in [0, 0.1) is 6.92 Å². The molecule has 0 aliphatic rings. The fraction of sp³-hybridized carbons (Fsp3) is 0.167. The zero-order valence-electron chi connectivity index (χ0n) is 10.3. The highest BCUT2D eigenvalue weighted by Crippen LogP contribution is 2.09. The zero-order valence-corrected chi connectivity index (χ0v) is 10.3. The fourth-order valence-electron chi connectivity index (χ4n) is 1.91. The molecule has 0 saturated heterocycles. The summed E-state index contributed by atoms with van der Waals surface area (Å²) in [6, 6.07) is 5.57. The van der Waals surface area contributed by atoms with Crippen LogP contribution in [-0.2, 0) is 6.54 Å². The number of nitrogens with one attached hydrogen (secondary N) is 2. The second-order valence-electron chi connectivity index (χ2n) is 4.14. The molecule has 0 spiro atoms. The second kappa shape index (κ2) is 4.52. The quantitative estimate of drug-likeness (QED) is 0.721. The zero-order chi connectivity index (χ0) is 13.2. The third kappa shape index (κ3) is 2.05. The lowest BCUT2D eigenvalue weighted by molar-refractivity contribution is 0.863. The highest BCUT2D eigenvalue weighted by Gasteiger charge is 2.10. The number of rotatable bonds is 3. The molecule has 3 aromatic heterocycles. The van der Waals surface area contributed by atoms with Crippen molar-refractivity contribution in [2.24, 2.45) is 0 Å². The normalized spacial score (nSPS) is 10.8. The maximum atomic E-state index is 12.0. The van der Waals surface area contributed by atoms with E-state index in [0.717, 1.165) is 11.4 Å². The lowest BCUT2D eigenvalue weighted by Gasteiger charge is -2.08. The van der Waals surface area contributed by atoms with Crippen LogP contribution in [-0.4, -0.2) is 24.8 Å². The topological polar surface area (TPSA) is 88.0 Å². The number of aromatic amines is 1. The largest absolute Gasteiger partial charge is 0.366 e. The van der Waals surface area contributed by atoms with E-state index in [1.54, 1.807) is 6.20 Å². The standard InChI is InChI=1S/C12H12N6O/c1-8-9(6-14-10-4-2-3-5-13-10)12(19)17-18-7-15-16-11(8)18/h2-5,7H,6H2,1H3,(H,13,14)(H,17,19). The molecule has 2 N–H and O–H groups in total. The number of nitrogens with zero attached hydrogens (tertiary/aromatic N) is 4. The molecule has 0 aromatic carbocycles. The molecule has 0 unspecified atom stereocenters. The molecule has 0 fully saturated rings. The first-order chi connectivity index (χ1) is 9.25. The van der Waals surface area contributed by atoms with Gasteiger partial charge in [-0.15, -0.1) is 10.2 Å². The van der Waals surface area contributed by atoms with Gasteiger partial charge in [0, 0.05) is 23.9 Å². The first-order valence-corrected chi connectivity index (χ1v) is 5.82. The summed E-state index contributed by atoms with van der Waals surface area (Å²) in [6.07, 6.45) is 3.17. The van der Waals surface area contributed by atoms with E-state index < -0.39 is 0 Å². The third-order valence-electron chi connectivity index (χ3n) is 2.94. The Morgan fingerprint density at radius 3 is 3.11 bits per heavy atom. The van der Waals surface area contributed by atoms with Gasteiger partial charge in [0.05, 0.1) is 0 Å². The number of hydrogen-bond donors (Lipinski definition) is 2. The molecule has 0 amide bonds. The molecule has 0 atom stereocenters. The van der Waals surface area contributed by atoms with Gasteiger partial charge in [-0.1, -0.05) is 6.07 Å². The predicted octanol–water partition coefficient (Wildman–Crippen LogP) is 0.733. The van der Waals surface area contributed by atoms with Crippen molar-refractivity contribution in [1.82, 2.24) is 24.8 Å². The number of fused-ring (bicyclic) bond motifs is 1. The smallest absolute Gasteiger partial charge is 0.268 e. The Morgan fingerprint density at radius 2 is 2.32 bits per heavy atom. The molecule has 3 heterocycles. The van der Waals surface area contributed by atoms with Crippen LogP contribution in [0.15, 0.2) is 35.5 Å². The number of aromatic nitrogens is 5. The number of anilines is 1. The van der Waals surface area contributed by atoms with E-state index in [1.165, 1.54) is 10.8 Å². The molecule has 96 valence electrons. The first-order valence-electron chi connectivity index (χ1n) is 5.82. The third-order valence-corrected chi connectivity index (χ3v) is 2.94. The monoisotopic (exact) mass is 256 g/mol. The summed E-state index contributed by atoms with van der Waals surface area (Å²) in [5, 5.41) is 13.5. The van der Waals surface area contributed by atoms with Gasteiger partial charge in [0.25, 0.3) is 5.56 Å². The van der Waals surface area contributed by atoms with Gasteiger partial charge in [-0.2, -0.15) is 0 Å². The van der Waals surface area contributed by atoms with Crippen molar-refractivity contribution < 1.29 is 0 Å². The van der Waals surface area contributed by atoms with E-state index in [9.17, 15) is 4.79 Å². The predicted molar refractivity (Wildman–Crippen MR) is 69.9 cm³/mol. The average Bonchev–Trinajstić information content (AvgIpc) is 2.88. The number of pyridine rings is 1. The summed E-state index contributed by atoms with van der Waals surface area (Å²) < 4.78 is 1.52. The van der Waals surface area contributed by atoms with Crippen molar-refractivity contribution in [3.8, 4) is 0 Å².